The van der Waals surface area contributed by atoms with Crippen LogP contribution in [0.3, 0.4) is 0 Å². The number of carbonyl (C=O) groups is 1. The number of rotatable bonds is 8. The summed E-state index contributed by atoms with van der Waals surface area (Å²) in [6, 6.07) is 0. The van der Waals surface area contributed by atoms with E-state index in [0.29, 0.717) is 25.0 Å². The highest BCUT2D eigenvalue weighted by atomic mass is 32.2. The van der Waals surface area contributed by atoms with Gasteiger partial charge in [0.2, 0.25) is 0 Å². The van der Waals surface area contributed by atoms with Crippen LogP contribution in [0, 0.1) is 6.92 Å². The Morgan fingerprint density at radius 3 is 2.84 bits per heavy atom. The summed E-state index contributed by atoms with van der Waals surface area (Å²) in [4.78, 5) is 16.2. The summed E-state index contributed by atoms with van der Waals surface area (Å²) in [5, 5.41) is 3.39. The maximum absolute atomic E-state index is 11.9. The summed E-state index contributed by atoms with van der Waals surface area (Å²) < 4.78 is 11.6. The van der Waals surface area contributed by atoms with E-state index in [-0.39, 0.29) is 5.91 Å². The molecule has 1 amide bonds. The molecule has 0 bridgehead atoms. The van der Waals surface area contributed by atoms with Crippen molar-refractivity contribution in [1.29, 1.82) is 0 Å². The largest absolute Gasteiger partial charge is 0.379 e. The second kappa shape index (κ2) is 8.52. The quantitative estimate of drug-likeness (QED) is 0.591. The third-order valence-electron chi connectivity index (χ3n) is 2.34. The first kappa shape index (κ1) is 16.4. The molecule has 0 aromatic carbocycles. The second-order valence-corrected chi connectivity index (χ2v) is 5.87. The molecule has 0 saturated heterocycles. The molecule has 1 unspecified atom stereocenters. The number of aryl methyl sites for hydroxylation is 1. The van der Waals surface area contributed by atoms with Crippen LogP contribution in [0.4, 0.5) is 5.13 Å². The fourth-order valence-electron chi connectivity index (χ4n) is 1.34. The van der Waals surface area contributed by atoms with Crippen LogP contribution in [0.5, 0.6) is 0 Å². The van der Waals surface area contributed by atoms with Crippen LogP contribution in [0.15, 0.2) is 4.21 Å². The average Bonchev–Trinajstić information content (AvgIpc) is 2.74. The zero-order valence-electron chi connectivity index (χ0n) is 11.7. The lowest BCUT2D eigenvalue weighted by Crippen LogP contribution is -2.28. The highest BCUT2D eigenvalue weighted by molar-refractivity contribution is 8.00. The summed E-state index contributed by atoms with van der Waals surface area (Å²) in [5.41, 5.74) is 0.942. The lowest BCUT2D eigenvalue weighted by atomic mass is 10.4. The molecule has 0 aliphatic rings. The van der Waals surface area contributed by atoms with Gasteiger partial charge in [-0.05, 0) is 27.0 Å². The van der Waals surface area contributed by atoms with Crippen LogP contribution in [0.25, 0.3) is 0 Å². The van der Waals surface area contributed by atoms with E-state index in [1.165, 1.54) is 11.3 Å². The first-order chi connectivity index (χ1) is 9.08. The molecule has 19 heavy (non-hydrogen) atoms. The van der Waals surface area contributed by atoms with E-state index >= 15 is 0 Å². The van der Waals surface area contributed by atoms with E-state index < -0.39 is 6.10 Å². The van der Waals surface area contributed by atoms with Gasteiger partial charge >= 0.3 is 0 Å². The van der Waals surface area contributed by atoms with Gasteiger partial charge in [-0.3, -0.25) is 10.1 Å². The maximum atomic E-state index is 11.9. The number of anilines is 1. The average molecular weight is 304 g/mol. The number of amides is 1. The zero-order chi connectivity index (χ0) is 14.3. The Kier molecular flexibility index (Phi) is 7.37. The molecule has 1 heterocycles. The van der Waals surface area contributed by atoms with Gasteiger partial charge in [-0.1, -0.05) is 11.3 Å². The molecule has 0 aliphatic carbocycles. The number of hydrogen-bond acceptors (Lipinski definition) is 6. The van der Waals surface area contributed by atoms with Gasteiger partial charge in [-0.25, -0.2) is 4.98 Å². The van der Waals surface area contributed by atoms with E-state index in [4.69, 9.17) is 9.47 Å². The number of carbonyl (C=O) groups excluding carboxylic acids is 1. The molecule has 0 saturated carbocycles. The molecular formula is C12H20N2O3S2. The Labute approximate surface area is 122 Å². The van der Waals surface area contributed by atoms with E-state index in [1.807, 2.05) is 20.1 Å². The Morgan fingerprint density at radius 2 is 2.26 bits per heavy atom. The maximum Gasteiger partial charge on any atom is 0.254 e. The Hall–Kier alpha value is -0.630. The van der Waals surface area contributed by atoms with Crippen molar-refractivity contribution in [3.63, 3.8) is 0 Å². The number of thioether (sulfide) groups is 1. The molecule has 7 heteroatoms. The van der Waals surface area contributed by atoms with Crippen molar-refractivity contribution >= 4 is 34.1 Å². The second-order valence-electron chi connectivity index (χ2n) is 3.80. The number of nitrogens with zero attached hydrogens (tertiary/aromatic N) is 1. The zero-order valence-corrected chi connectivity index (χ0v) is 13.3. The van der Waals surface area contributed by atoms with Crippen molar-refractivity contribution < 1.29 is 14.3 Å². The fourth-order valence-corrected chi connectivity index (χ4v) is 2.95. The summed E-state index contributed by atoms with van der Waals surface area (Å²) in [6.07, 6.45) is 1.48. The van der Waals surface area contributed by atoms with Gasteiger partial charge in [-0.15, -0.1) is 11.8 Å². The molecule has 1 aromatic rings. The van der Waals surface area contributed by atoms with Gasteiger partial charge in [0.05, 0.1) is 23.1 Å². The van der Waals surface area contributed by atoms with E-state index in [9.17, 15) is 4.79 Å². The molecule has 5 nitrogen and oxygen atoms in total. The minimum Gasteiger partial charge on any atom is -0.379 e. The normalized spacial score (nSPS) is 12.4. The minimum absolute atomic E-state index is 0.182. The number of ether oxygens (including phenoxy) is 2. The van der Waals surface area contributed by atoms with Crippen molar-refractivity contribution in [2.45, 2.75) is 31.1 Å². The topological polar surface area (TPSA) is 60.5 Å². The van der Waals surface area contributed by atoms with Crippen LogP contribution < -0.4 is 5.32 Å². The summed E-state index contributed by atoms with van der Waals surface area (Å²) in [5.74, 6) is -0.182. The predicted octanol–water partition coefficient (Wildman–Crippen LogP) is 2.55. The number of nitrogens with one attached hydrogen (secondary N) is 1. The Bertz CT molecular complexity index is 410. The molecule has 0 aliphatic heterocycles. The van der Waals surface area contributed by atoms with Crippen LogP contribution in [-0.4, -0.2) is 43.1 Å². The molecular weight excluding hydrogens is 284 g/mol. The van der Waals surface area contributed by atoms with Crippen LogP contribution >= 0.6 is 23.1 Å². The molecule has 0 spiro atoms. The van der Waals surface area contributed by atoms with E-state index in [1.54, 1.807) is 18.7 Å². The third kappa shape index (κ3) is 5.48. The number of hydrogen-bond donors (Lipinski definition) is 1. The Balaban J connectivity index is 2.40. The minimum atomic E-state index is -0.512. The fraction of sp³-hybridized carbons (Fsp3) is 0.667. The predicted molar refractivity (Wildman–Crippen MR) is 79.2 cm³/mol. The summed E-state index contributed by atoms with van der Waals surface area (Å²) in [6.45, 7) is 7.14. The first-order valence-electron chi connectivity index (χ1n) is 6.10. The van der Waals surface area contributed by atoms with E-state index in [2.05, 4.69) is 10.3 Å². The van der Waals surface area contributed by atoms with Crippen molar-refractivity contribution in [1.82, 2.24) is 4.98 Å². The SMILES string of the molecule is CCOCCOC(C)C(=O)Nc1nc(C)c(SC)s1. The summed E-state index contributed by atoms with van der Waals surface area (Å²) >= 11 is 3.10. The first-order valence-corrected chi connectivity index (χ1v) is 8.14. The van der Waals surface area contributed by atoms with Gasteiger partial charge in [-0.2, -0.15) is 0 Å². The molecule has 1 atom stereocenters. The summed E-state index contributed by atoms with van der Waals surface area (Å²) in [7, 11) is 0. The van der Waals surface area contributed by atoms with Crippen LogP contribution in [-0.2, 0) is 14.3 Å². The van der Waals surface area contributed by atoms with Crippen molar-refractivity contribution in [2.75, 3.05) is 31.4 Å². The van der Waals surface area contributed by atoms with Crippen LogP contribution in [0.1, 0.15) is 19.5 Å². The molecule has 1 N–H and O–H groups in total. The highest BCUT2D eigenvalue weighted by Crippen LogP contribution is 2.30. The molecule has 0 radical (unpaired) electrons. The third-order valence-corrected chi connectivity index (χ3v) is 4.62. The smallest absolute Gasteiger partial charge is 0.254 e. The van der Waals surface area contributed by atoms with Crippen LogP contribution in [0.2, 0.25) is 0 Å². The van der Waals surface area contributed by atoms with Gasteiger partial charge in [0, 0.05) is 6.61 Å². The molecule has 1 aromatic heterocycles. The van der Waals surface area contributed by atoms with Crippen molar-refractivity contribution in [3.05, 3.63) is 5.69 Å². The molecule has 108 valence electrons. The lowest BCUT2D eigenvalue weighted by Gasteiger charge is -2.11. The molecule has 1 rings (SSSR count). The van der Waals surface area contributed by atoms with Gasteiger partial charge in [0.1, 0.15) is 6.10 Å². The molecule has 0 fully saturated rings. The Morgan fingerprint density at radius 1 is 1.53 bits per heavy atom. The van der Waals surface area contributed by atoms with Gasteiger partial charge < -0.3 is 9.47 Å². The van der Waals surface area contributed by atoms with Crippen molar-refractivity contribution in [3.8, 4) is 0 Å². The standard InChI is InChI=1S/C12H20N2O3S2/c1-5-16-6-7-17-9(3)10(15)14-12-13-8(2)11(18-4)19-12/h9H,5-7H2,1-4H3,(H,13,14,15). The lowest BCUT2D eigenvalue weighted by molar-refractivity contribution is -0.127. The van der Waals surface area contributed by atoms with Crippen molar-refractivity contribution in [2.24, 2.45) is 0 Å². The number of aromatic nitrogens is 1. The van der Waals surface area contributed by atoms with Gasteiger partial charge in [0.25, 0.3) is 5.91 Å². The van der Waals surface area contributed by atoms with E-state index in [0.717, 1.165) is 9.90 Å². The highest BCUT2D eigenvalue weighted by Gasteiger charge is 2.16. The number of thiazole rings is 1. The van der Waals surface area contributed by atoms with Gasteiger partial charge in [0.15, 0.2) is 5.13 Å². The monoisotopic (exact) mass is 304 g/mol.